The molecule has 5 nitrogen and oxygen atoms in total. The van der Waals surface area contributed by atoms with Crippen molar-refractivity contribution >= 4 is 29.1 Å². The number of amides is 1. The summed E-state index contributed by atoms with van der Waals surface area (Å²) in [6.07, 6.45) is 3.84. The number of aromatic nitrogens is 1. The summed E-state index contributed by atoms with van der Waals surface area (Å²) in [5.41, 5.74) is 6.88. The highest BCUT2D eigenvalue weighted by atomic mass is 32.1. The van der Waals surface area contributed by atoms with E-state index in [1.165, 1.54) is 11.3 Å². The Hall–Kier alpha value is -2.47. The first kappa shape index (κ1) is 17.4. The number of hydrazone groups is 1. The van der Waals surface area contributed by atoms with Gasteiger partial charge in [-0.3, -0.25) is 4.79 Å². The molecule has 0 unspecified atom stereocenters. The molecule has 1 amide bonds. The number of allylic oxidation sites excluding steroid dienone is 2. The summed E-state index contributed by atoms with van der Waals surface area (Å²) in [6.45, 7) is 6.31. The summed E-state index contributed by atoms with van der Waals surface area (Å²) < 4.78 is 0. The van der Waals surface area contributed by atoms with Crippen LogP contribution in [0.1, 0.15) is 30.1 Å². The van der Waals surface area contributed by atoms with E-state index in [0.717, 1.165) is 16.4 Å². The molecular formula is C19H22N4OS. The van der Waals surface area contributed by atoms with Crippen LogP contribution in [0.2, 0.25) is 0 Å². The maximum Gasteiger partial charge on any atom is 0.246 e. The summed E-state index contributed by atoms with van der Waals surface area (Å²) in [4.78, 5) is 18.3. The lowest BCUT2D eigenvalue weighted by atomic mass is 9.84. The number of carbonyl (C=O) groups excluding carboxylic acids is 1. The Kier molecular flexibility index (Phi) is 4.72. The molecule has 2 heterocycles. The van der Waals surface area contributed by atoms with Crippen LogP contribution in [0.25, 0.3) is 0 Å². The molecule has 6 heteroatoms. The normalized spacial score (nSPS) is 17.3. The van der Waals surface area contributed by atoms with E-state index >= 15 is 0 Å². The monoisotopic (exact) mass is 354 g/mol. The molecule has 0 fully saturated rings. The molecule has 25 heavy (non-hydrogen) atoms. The number of rotatable bonds is 4. The second-order valence-electron chi connectivity index (χ2n) is 6.60. The lowest BCUT2D eigenvalue weighted by molar-refractivity contribution is -0.120. The smallest absolute Gasteiger partial charge is 0.246 e. The van der Waals surface area contributed by atoms with Crippen molar-refractivity contribution in [1.29, 1.82) is 0 Å². The first-order chi connectivity index (χ1) is 11.9. The van der Waals surface area contributed by atoms with Crippen molar-refractivity contribution in [2.24, 2.45) is 5.10 Å². The van der Waals surface area contributed by atoms with E-state index in [9.17, 15) is 4.79 Å². The van der Waals surface area contributed by atoms with E-state index < -0.39 is 0 Å². The molecule has 0 radical (unpaired) electrons. The van der Waals surface area contributed by atoms with Gasteiger partial charge in [0.1, 0.15) is 0 Å². The predicted molar refractivity (Wildman–Crippen MR) is 103 cm³/mol. The number of thiazole rings is 1. The quantitative estimate of drug-likeness (QED) is 0.676. The van der Waals surface area contributed by atoms with Crippen LogP contribution >= 0.6 is 11.3 Å². The van der Waals surface area contributed by atoms with E-state index in [1.54, 1.807) is 17.6 Å². The number of para-hydroxylation sites is 1. The number of nitrogens with one attached hydrogen (secondary N) is 1. The molecule has 0 spiro atoms. The first-order valence-corrected chi connectivity index (χ1v) is 9.04. The van der Waals surface area contributed by atoms with Gasteiger partial charge in [-0.1, -0.05) is 32.0 Å². The van der Waals surface area contributed by atoms with Crippen LogP contribution < -0.4 is 10.3 Å². The van der Waals surface area contributed by atoms with Gasteiger partial charge in [0.2, 0.25) is 5.91 Å². The number of hydrogen-bond donors (Lipinski definition) is 1. The van der Waals surface area contributed by atoms with Crippen LogP contribution in [-0.4, -0.2) is 24.2 Å². The van der Waals surface area contributed by atoms with Gasteiger partial charge in [-0.25, -0.2) is 10.4 Å². The van der Waals surface area contributed by atoms with E-state index in [4.69, 9.17) is 0 Å². The Balaban J connectivity index is 1.66. The van der Waals surface area contributed by atoms with Gasteiger partial charge in [0.15, 0.2) is 0 Å². The molecule has 2 aromatic rings. The Morgan fingerprint density at radius 2 is 2.16 bits per heavy atom. The van der Waals surface area contributed by atoms with Crippen LogP contribution in [0.3, 0.4) is 0 Å². The zero-order valence-corrected chi connectivity index (χ0v) is 15.7. The van der Waals surface area contributed by atoms with Crippen molar-refractivity contribution in [1.82, 2.24) is 10.4 Å². The lowest BCUT2D eigenvalue weighted by Gasteiger charge is -2.23. The van der Waals surface area contributed by atoms with Crippen molar-refractivity contribution in [3.8, 4) is 0 Å². The van der Waals surface area contributed by atoms with Crippen molar-refractivity contribution in [3.63, 3.8) is 0 Å². The van der Waals surface area contributed by atoms with E-state index in [-0.39, 0.29) is 17.7 Å². The van der Waals surface area contributed by atoms with E-state index in [2.05, 4.69) is 59.5 Å². The maximum atomic E-state index is 11.9. The molecule has 130 valence electrons. The Morgan fingerprint density at radius 1 is 1.40 bits per heavy atom. The molecule has 0 bridgehead atoms. The van der Waals surface area contributed by atoms with Gasteiger partial charge in [-0.2, -0.15) is 5.10 Å². The maximum absolute atomic E-state index is 11.9. The minimum absolute atomic E-state index is 0.0977. The Bertz CT molecular complexity index is 851. The number of benzene rings is 1. The highest BCUT2D eigenvalue weighted by molar-refractivity contribution is 7.09. The fourth-order valence-electron chi connectivity index (χ4n) is 3.21. The molecule has 0 aliphatic carbocycles. The molecule has 0 atom stereocenters. The Labute approximate surface area is 152 Å². The third kappa shape index (κ3) is 3.49. The second kappa shape index (κ2) is 6.80. The SMILES string of the molecule is Cc1nc(CC(=O)N/N=C/C=C2\N(C)c3ccccc3C2(C)C)cs1. The van der Waals surface area contributed by atoms with Gasteiger partial charge >= 0.3 is 0 Å². The topological polar surface area (TPSA) is 57.6 Å². The van der Waals surface area contributed by atoms with Crippen molar-refractivity contribution in [3.05, 3.63) is 57.7 Å². The third-order valence-electron chi connectivity index (χ3n) is 4.44. The molecule has 1 aromatic carbocycles. The highest BCUT2D eigenvalue weighted by Gasteiger charge is 2.37. The van der Waals surface area contributed by atoms with Crippen LogP contribution in [0.15, 0.2) is 46.5 Å². The van der Waals surface area contributed by atoms with Crippen molar-refractivity contribution in [2.45, 2.75) is 32.6 Å². The summed E-state index contributed by atoms with van der Waals surface area (Å²) in [5, 5.41) is 6.91. The summed E-state index contributed by atoms with van der Waals surface area (Å²) in [7, 11) is 2.05. The molecule has 1 aliphatic rings. The van der Waals surface area contributed by atoms with E-state index in [1.807, 2.05) is 24.4 Å². The molecule has 1 aliphatic heterocycles. The molecule has 0 saturated carbocycles. The lowest BCUT2D eigenvalue weighted by Crippen LogP contribution is -2.23. The van der Waals surface area contributed by atoms with Gasteiger partial charge in [-0.05, 0) is 24.6 Å². The minimum Gasteiger partial charge on any atom is -0.347 e. The van der Waals surface area contributed by atoms with Gasteiger partial charge in [0.05, 0.1) is 17.1 Å². The number of carbonyl (C=O) groups is 1. The summed E-state index contributed by atoms with van der Waals surface area (Å²) in [6, 6.07) is 8.38. The average molecular weight is 354 g/mol. The van der Waals surface area contributed by atoms with Gasteiger partial charge in [0.25, 0.3) is 0 Å². The van der Waals surface area contributed by atoms with Crippen molar-refractivity contribution in [2.75, 3.05) is 11.9 Å². The van der Waals surface area contributed by atoms with Crippen molar-refractivity contribution < 1.29 is 4.79 Å². The molecular weight excluding hydrogens is 332 g/mol. The zero-order valence-electron chi connectivity index (χ0n) is 14.9. The Morgan fingerprint density at radius 3 is 2.84 bits per heavy atom. The van der Waals surface area contributed by atoms with Crippen LogP contribution in [0.5, 0.6) is 0 Å². The number of anilines is 1. The third-order valence-corrected chi connectivity index (χ3v) is 5.27. The first-order valence-electron chi connectivity index (χ1n) is 8.16. The average Bonchev–Trinajstić information content (AvgIpc) is 3.06. The zero-order chi connectivity index (χ0) is 18.0. The van der Waals surface area contributed by atoms with Gasteiger partial charge < -0.3 is 4.90 Å². The number of hydrogen-bond acceptors (Lipinski definition) is 5. The van der Waals surface area contributed by atoms with Crippen LogP contribution in [-0.2, 0) is 16.6 Å². The second-order valence-corrected chi connectivity index (χ2v) is 7.66. The van der Waals surface area contributed by atoms with Crippen LogP contribution in [0.4, 0.5) is 5.69 Å². The summed E-state index contributed by atoms with van der Waals surface area (Å²) >= 11 is 1.54. The number of likely N-dealkylation sites (N-methyl/N-ethyl adjacent to an activating group) is 1. The fourth-order valence-corrected chi connectivity index (χ4v) is 3.82. The van der Waals surface area contributed by atoms with E-state index in [0.29, 0.717) is 0 Å². The number of fused-ring (bicyclic) bond motifs is 1. The fraction of sp³-hybridized carbons (Fsp3) is 0.316. The molecule has 1 N–H and O–H groups in total. The number of nitrogens with zero attached hydrogens (tertiary/aromatic N) is 3. The van der Waals surface area contributed by atoms with Crippen LogP contribution in [0, 0.1) is 6.92 Å². The van der Waals surface area contributed by atoms with Gasteiger partial charge in [-0.15, -0.1) is 11.3 Å². The summed E-state index contributed by atoms with van der Waals surface area (Å²) in [5.74, 6) is -0.165. The minimum atomic E-state index is -0.165. The standard InChI is InChI=1S/C19H22N4OS/c1-13-21-14(12-25-13)11-18(24)22-20-10-9-17-19(2,3)15-7-5-6-8-16(15)23(17)4/h5-10,12H,11H2,1-4H3,(H,22,24)/b17-9-,20-10+. The molecule has 1 aromatic heterocycles. The largest absolute Gasteiger partial charge is 0.347 e. The van der Waals surface area contributed by atoms with Gasteiger partial charge in [0, 0.05) is 35.4 Å². The predicted octanol–water partition coefficient (Wildman–Crippen LogP) is 3.41. The number of aryl methyl sites for hydroxylation is 1. The highest BCUT2D eigenvalue weighted by Crippen LogP contribution is 2.46. The molecule has 0 saturated heterocycles. The molecule has 3 rings (SSSR count).